The van der Waals surface area contributed by atoms with Crippen molar-refractivity contribution in [3.63, 3.8) is 0 Å². The van der Waals surface area contributed by atoms with Crippen LogP contribution in [-0.4, -0.2) is 20.2 Å². The van der Waals surface area contributed by atoms with Gasteiger partial charge in [-0.1, -0.05) is 6.92 Å². The topological polar surface area (TPSA) is 69.6 Å². The molecule has 0 bridgehead atoms. The van der Waals surface area contributed by atoms with Crippen molar-refractivity contribution in [3.05, 3.63) is 29.8 Å². The van der Waals surface area contributed by atoms with Crippen LogP contribution in [0.4, 0.5) is 10.1 Å². The number of anilines is 1. The van der Waals surface area contributed by atoms with E-state index >= 15 is 0 Å². The zero-order valence-corrected chi connectivity index (χ0v) is 8.18. The number of tetrazole rings is 1. The Balaban J connectivity index is 2.50. The van der Waals surface area contributed by atoms with Gasteiger partial charge in [0.25, 0.3) is 0 Å². The molecule has 0 aliphatic rings. The second-order valence-electron chi connectivity index (χ2n) is 3.07. The molecule has 15 heavy (non-hydrogen) atoms. The average molecular weight is 207 g/mol. The van der Waals surface area contributed by atoms with E-state index in [0.717, 1.165) is 0 Å². The summed E-state index contributed by atoms with van der Waals surface area (Å²) in [6.45, 7) is 1.93. The van der Waals surface area contributed by atoms with E-state index in [1.165, 1.54) is 16.8 Å². The largest absolute Gasteiger partial charge is 0.396 e. The van der Waals surface area contributed by atoms with Gasteiger partial charge >= 0.3 is 0 Å². The Hall–Kier alpha value is -1.98. The van der Waals surface area contributed by atoms with Crippen LogP contribution in [0, 0.1) is 5.82 Å². The maximum absolute atomic E-state index is 13.2. The number of nitrogens with two attached hydrogens (primary N) is 1. The predicted molar refractivity (Wildman–Crippen MR) is 52.9 cm³/mol. The lowest BCUT2D eigenvalue weighted by Crippen LogP contribution is -2.03. The highest BCUT2D eigenvalue weighted by atomic mass is 19.1. The standard InChI is InChI=1S/C9H10FN5/c1-2-9-12-13-14-15(9)6-3-4-8(11)7(10)5-6/h3-5H,2,11H2,1H3. The molecule has 0 radical (unpaired) electrons. The van der Waals surface area contributed by atoms with Crippen LogP contribution in [0.5, 0.6) is 0 Å². The summed E-state index contributed by atoms with van der Waals surface area (Å²) < 4.78 is 14.7. The monoisotopic (exact) mass is 207 g/mol. The number of hydrogen-bond donors (Lipinski definition) is 1. The molecular formula is C9H10FN5. The van der Waals surface area contributed by atoms with Gasteiger partial charge in [0.15, 0.2) is 5.82 Å². The molecule has 0 amide bonds. The lowest BCUT2D eigenvalue weighted by Gasteiger charge is -2.03. The first-order chi connectivity index (χ1) is 7.22. The van der Waals surface area contributed by atoms with Gasteiger partial charge in [-0.15, -0.1) is 5.10 Å². The number of aromatic nitrogens is 4. The van der Waals surface area contributed by atoms with E-state index in [4.69, 9.17) is 5.73 Å². The highest BCUT2D eigenvalue weighted by Gasteiger charge is 2.07. The normalized spacial score (nSPS) is 10.5. The third-order valence-electron chi connectivity index (χ3n) is 2.08. The third kappa shape index (κ3) is 1.65. The molecule has 1 aromatic carbocycles. The van der Waals surface area contributed by atoms with Crippen LogP contribution in [-0.2, 0) is 6.42 Å². The highest BCUT2D eigenvalue weighted by Crippen LogP contribution is 2.15. The summed E-state index contributed by atoms with van der Waals surface area (Å²) in [5.41, 5.74) is 6.07. The molecule has 6 heteroatoms. The Labute approximate surface area is 85.7 Å². The molecule has 2 aromatic rings. The van der Waals surface area contributed by atoms with Gasteiger partial charge in [-0.25, -0.2) is 4.39 Å². The van der Waals surface area contributed by atoms with Gasteiger partial charge in [-0.2, -0.15) is 4.68 Å². The van der Waals surface area contributed by atoms with E-state index in [9.17, 15) is 4.39 Å². The Morgan fingerprint density at radius 1 is 1.47 bits per heavy atom. The summed E-state index contributed by atoms with van der Waals surface area (Å²) in [4.78, 5) is 0. The van der Waals surface area contributed by atoms with Crippen molar-refractivity contribution in [2.45, 2.75) is 13.3 Å². The van der Waals surface area contributed by atoms with Crippen molar-refractivity contribution in [2.75, 3.05) is 5.73 Å². The second kappa shape index (κ2) is 3.64. The van der Waals surface area contributed by atoms with Crippen molar-refractivity contribution in [1.82, 2.24) is 20.2 Å². The molecule has 0 atom stereocenters. The van der Waals surface area contributed by atoms with E-state index in [1.54, 1.807) is 6.07 Å². The molecule has 0 aliphatic carbocycles. The third-order valence-corrected chi connectivity index (χ3v) is 2.08. The van der Waals surface area contributed by atoms with Crippen LogP contribution in [0.25, 0.3) is 5.69 Å². The van der Waals surface area contributed by atoms with Crippen LogP contribution < -0.4 is 5.73 Å². The minimum atomic E-state index is -0.468. The smallest absolute Gasteiger partial charge is 0.156 e. The number of nitrogens with zero attached hydrogens (tertiary/aromatic N) is 4. The Kier molecular flexibility index (Phi) is 2.32. The fourth-order valence-corrected chi connectivity index (χ4v) is 1.27. The molecule has 2 rings (SSSR count). The van der Waals surface area contributed by atoms with Crippen molar-refractivity contribution >= 4 is 5.69 Å². The predicted octanol–water partition coefficient (Wildman–Crippen LogP) is 0.946. The van der Waals surface area contributed by atoms with Crippen LogP contribution in [0.2, 0.25) is 0 Å². The number of aryl methyl sites for hydroxylation is 1. The van der Waals surface area contributed by atoms with Gasteiger partial charge in [-0.3, -0.25) is 0 Å². The quantitative estimate of drug-likeness (QED) is 0.744. The fraction of sp³-hybridized carbons (Fsp3) is 0.222. The average Bonchev–Trinajstić information content (AvgIpc) is 2.70. The molecular weight excluding hydrogens is 197 g/mol. The Bertz CT molecular complexity index is 479. The molecule has 0 spiro atoms. The number of nitrogen functional groups attached to an aromatic ring is 1. The van der Waals surface area contributed by atoms with Gasteiger partial charge in [0.2, 0.25) is 0 Å². The highest BCUT2D eigenvalue weighted by molar-refractivity contribution is 5.46. The summed E-state index contributed by atoms with van der Waals surface area (Å²) in [5, 5.41) is 11.1. The first kappa shape index (κ1) is 9.57. The lowest BCUT2D eigenvalue weighted by atomic mass is 10.2. The van der Waals surface area contributed by atoms with Gasteiger partial charge in [0, 0.05) is 12.5 Å². The van der Waals surface area contributed by atoms with E-state index in [1.807, 2.05) is 6.92 Å². The van der Waals surface area contributed by atoms with Gasteiger partial charge < -0.3 is 5.73 Å². The Morgan fingerprint density at radius 2 is 2.27 bits per heavy atom. The van der Waals surface area contributed by atoms with Crippen molar-refractivity contribution < 1.29 is 4.39 Å². The van der Waals surface area contributed by atoms with E-state index < -0.39 is 5.82 Å². The second-order valence-corrected chi connectivity index (χ2v) is 3.07. The SMILES string of the molecule is CCc1nnnn1-c1ccc(N)c(F)c1. The van der Waals surface area contributed by atoms with E-state index in [0.29, 0.717) is 17.9 Å². The zero-order chi connectivity index (χ0) is 10.8. The Morgan fingerprint density at radius 3 is 2.93 bits per heavy atom. The molecule has 78 valence electrons. The summed E-state index contributed by atoms with van der Waals surface area (Å²) in [6, 6.07) is 4.48. The molecule has 5 nitrogen and oxygen atoms in total. The minimum Gasteiger partial charge on any atom is -0.396 e. The molecule has 0 saturated carbocycles. The number of rotatable bonds is 2. The summed E-state index contributed by atoms with van der Waals surface area (Å²) in [7, 11) is 0. The first-order valence-corrected chi connectivity index (χ1v) is 4.55. The van der Waals surface area contributed by atoms with E-state index in [-0.39, 0.29) is 5.69 Å². The number of hydrogen-bond acceptors (Lipinski definition) is 4. The molecule has 0 aliphatic heterocycles. The van der Waals surface area contributed by atoms with Crippen LogP contribution in [0.1, 0.15) is 12.7 Å². The number of halogens is 1. The first-order valence-electron chi connectivity index (χ1n) is 4.55. The van der Waals surface area contributed by atoms with Gasteiger partial charge in [0.05, 0.1) is 11.4 Å². The van der Waals surface area contributed by atoms with Crippen molar-refractivity contribution in [2.24, 2.45) is 0 Å². The summed E-state index contributed by atoms with van der Waals surface area (Å²) in [5.74, 6) is 0.212. The minimum absolute atomic E-state index is 0.116. The van der Waals surface area contributed by atoms with Gasteiger partial charge in [-0.05, 0) is 22.6 Å². The molecule has 2 N–H and O–H groups in total. The van der Waals surface area contributed by atoms with Crippen LogP contribution in [0.15, 0.2) is 18.2 Å². The van der Waals surface area contributed by atoms with E-state index in [2.05, 4.69) is 15.5 Å². The van der Waals surface area contributed by atoms with Gasteiger partial charge in [0.1, 0.15) is 5.82 Å². The molecule has 0 fully saturated rings. The zero-order valence-electron chi connectivity index (χ0n) is 8.18. The van der Waals surface area contributed by atoms with Crippen molar-refractivity contribution in [1.29, 1.82) is 0 Å². The van der Waals surface area contributed by atoms with Crippen molar-refractivity contribution in [3.8, 4) is 5.69 Å². The number of benzene rings is 1. The summed E-state index contributed by atoms with van der Waals surface area (Å²) >= 11 is 0. The molecule has 0 unspecified atom stereocenters. The van der Waals surface area contributed by atoms with Crippen LogP contribution >= 0.6 is 0 Å². The maximum Gasteiger partial charge on any atom is 0.156 e. The molecule has 0 saturated heterocycles. The maximum atomic E-state index is 13.2. The van der Waals surface area contributed by atoms with Crippen LogP contribution in [0.3, 0.4) is 0 Å². The lowest BCUT2D eigenvalue weighted by molar-refractivity contribution is 0.628. The molecule has 1 heterocycles. The molecule has 1 aromatic heterocycles. The summed E-state index contributed by atoms with van der Waals surface area (Å²) in [6.07, 6.45) is 0.680. The fourth-order valence-electron chi connectivity index (χ4n) is 1.27.